The highest BCUT2D eigenvalue weighted by atomic mass is 16.5. The van der Waals surface area contributed by atoms with Crippen LogP contribution in [-0.2, 0) is 24.5 Å². The molecule has 0 saturated carbocycles. The number of hydrogen-bond acceptors (Lipinski definition) is 4. The Labute approximate surface area is 173 Å². The fraction of sp³-hybridized carbons (Fsp3) is 0.125. The number of nitrogens with one attached hydrogen (secondary N) is 2. The van der Waals surface area contributed by atoms with Gasteiger partial charge in [0.1, 0.15) is 18.0 Å². The first-order valence-electron chi connectivity index (χ1n) is 9.65. The van der Waals surface area contributed by atoms with E-state index in [2.05, 4.69) is 15.3 Å². The van der Waals surface area contributed by atoms with Crippen molar-refractivity contribution in [2.24, 2.45) is 0 Å². The minimum absolute atomic E-state index is 0.0254. The van der Waals surface area contributed by atoms with Gasteiger partial charge in [0.2, 0.25) is 0 Å². The smallest absolute Gasteiger partial charge is 0.263 e. The molecule has 1 aromatic heterocycles. The Bertz CT molecular complexity index is 1220. The number of hydrogen-bond donors (Lipinski definition) is 2. The SMILES string of the molecule is O=C(NCc1ccc2ccccc2c1)c1cnc(COCc2ccccc2)[nH]c1=O. The summed E-state index contributed by atoms with van der Waals surface area (Å²) in [5.74, 6) is -0.0873. The molecule has 30 heavy (non-hydrogen) atoms. The zero-order valence-corrected chi connectivity index (χ0v) is 16.3. The number of benzene rings is 3. The van der Waals surface area contributed by atoms with Crippen molar-refractivity contribution in [3.63, 3.8) is 0 Å². The van der Waals surface area contributed by atoms with Crippen molar-refractivity contribution in [3.05, 3.63) is 112 Å². The molecule has 6 nitrogen and oxygen atoms in total. The topological polar surface area (TPSA) is 84.1 Å². The van der Waals surface area contributed by atoms with E-state index < -0.39 is 11.5 Å². The number of nitrogens with zero attached hydrogens (tertiary/aromatic N) is 1. The summed E-state index contributed by atoms with van der Waals surface area (Å²) in [5.41, 5.74) is 1.48. The van der Waals surface area contributed by atoms with E-state index in [1.54, 1.807) is 0 Å². The first-order chi connectivity index (χ1) is 14.7. The molecule has 6 heteroatoms. The van der Waals surface area contributed by atoms with Crippen LogP contribution in [0.1, 0.15) is 27.3 Å². The zero-order valence-electron chi connectivity index (χ0n) is 16.3. The fourth-order valence-corrected chi connectivity index (χ4v) is 3.13. The number of rotatable bonds is 7. The van der Waals surface area contributed by atoms with Crippen molar-refractivity contribution >= 4 is 16.7 Å². The summed E-state index contributed by atoms with van der Waals surface area (Å²) < 4.78 is 5.57. The molecule has 0 aliphatic rings. The van der Waals surface area contributed by atoms with Gasteiger partial charge in [0.15, 0.2) is 0 Å². The van der Waals surface area contributed by atoms with E-state index in [0.29, 0.717) is 19.0 Å². The van der Waals surface area contributed by atoms with E-state index in [-0.39, 0.29) is 12.2 Å². The Morgan fingerprint density at radius 2 is 1.67 bits per heavy atom. The molecule has 0 atom stereocenters. The van der Waals surface area contributed by atoms with Gasteiger partial charge in [-0.15, -0.1) is 0 Å². The van der Waals surface area contributed by atoms with Crippen LogP contribution in [0.5, 0.6) is 0 Å². The molecule has 0 bridgehead atoms. The number of fused-ring (bicyclic) bond motifs is 1. The second-order valence-corrected chi connectivity index (χ2v) is 6.92. The summed E-state index contributed by atoms with van der Waals surface area (Å²) >= 11 is 0. The maximum absolute atomic E-state index is 12.4. The van der Waals surface area contributed by atoms with Crippen LogP contribution in [0.4, 0.5) is 0 Å². The Morgan fingerprint density at radius 3 is 2.47 bits per heavy atom. The summed E-state index contributed by atoms with van der Waals surface area (Å²) in [6.45, 7) is 0.896. The summed E-state index contributed by atoms with van der Waals surface area (Å²) in [5, 5.41) is 5.01. The lowest BCUT2D eigenvalue weighted by Gasteiger charge is -2.07. The highest BCUT2D eigenvalue weighted by molar-refractivity contribution is 5.93. The van der Waals surface area contributed by atoms with Gasteiger partial charge in [-0.3, -0.25) is 9.59 Å². The van der Waals surface area contributed by atoms with Crippen LogP contribution in [-0.4, -0.2) is 15.9 Å². The maximum Gasteiger partial charge on any atom is 0.263 e. The molecule has 0 saturated heterocycles. The molecule has 4 aromatic rings. The molecule has 4 rings (SSSR count). The van der Waals surface area contributed by atoms with Gasteiger partial charge < -0.3 is 15.0 Å². The van der Waals surface area contributed by atoms with Crippen LogP contribution >= 0.6 is 0 Å². The summed E-state index contributed by atoms with van der Waals surface area (Å²) in [4.78, 5) is 31.5. The number of ether oxygens (including phenoxy) is 1. The summed E-state index contributed by atoms with van der Waals surface area (Å²) in [7, 11) is 0. The molecule has 2 N–H and O–H groups in total. The predicted octanol–water partition coefficient (Wildman–Crippen LogP) is 3.57. The number of carbonyl (C=O) groups excluding carboxylic acids is 1. The van der Waals surface area contributed by atoms with E-state index in [1.165, 1.54) is 6.20 Å². The molecule has 0 radical (unpaired) electrons. The molecule has 1 amide bonds. The first-order valence-corrected chi connectivity index (χ1v) is 9.65. The van der Waals surface area contributed by atoms with Crippen LogP contribution in [0.3, 0.4) is 0 Å². The third kappa shape index (κ3) is 4.79. The Hall–Kier alpha value is -3.77. The average molecular weight is 399 g/mol. The van der Waals surface area contributed by atoms with Crippen LogP contribution < -0.4 is 10.9 Å². The van der Waals surface area contributed by atoms with Crippen molar-refractivity contribution in [1.29, 1.82) is 0 Å². The molecular weight excluding hydrogens is 378 g/mol. The Morgan fingerprint density at radius 1 is 0.900 bits per heavy atom. The normalized spacial score (nSPS) is 10.8. The van der Waals surface area contributed by atoms with Gasteiger partial charge in [0.25, 0.3) is 11.5 Å². The average Bonchev–Trinajstić information content (AvgIpc) is 2.78. The third-order valence-corrected chi connectivity index (χ3v) is 4.71. The van der Waals surface area contributed by atoms with E-state index in [1.807, 2.05) is 72.8 Å². The monoisotopic (exact) mass is 399 g/mol. The standard InChI is InChI=1S/C24H21N3O3/c28-23(26-13-18-10-11-19-8-4-5-9-20(19)12-18)21-14-25-22(27-24(21)29)16-30-15-17-6-2-1-3-7-17/h1-12,14H,13,15-16H2,(H,26,28)(H,25,27,29). The molecule has 0 aliphatic heterocycles. The van der Waals surface area contributed by atoms with Crippen LogP contribution in [0.2, 0.25) is 0 Å². The minimum atomic E-state index is -0.487. The fourth-order valence-electron chi connectivity index (χ4n) is 3.13. The van der Waals surface area contributed by atoms with Crippen molar-refractivity contribution in [2.75, 3.05) is 0 Å². The van der Waals surface area contributed by atoms with Gasteiger partial charge in [0.05, 0.1) is 6.61 Å². The quantitative estimate of drug-likeness (QED) is 0.498. The minimum Gasteiger partial charge on any atom is -0.369 e. The second-order valence-electron chi connectivity index (χ2n) is 6.92. The van der Waals surface area contributed by atoms with Crippen LogP contribution in [0.25, 0.3) is 10.8 Å². The van der Waals surface area contributed by atoms with Gasteiger partial charge in [0, 0.05) is 12.7 Å². The number of aromatic amines is 1. The van der Waals surface area contributed by atoms with Crippen molar-refractivity contribution in [3.8, 4) is 0 Å². The molecule has 0 spiro atoms. The van der Waals surface area contributed by atoms with E-state index in [0.717, 1.165) is 21.9 Å². The Balaban J connectivity index is 1.34. The summed E-state index contributed by atoms with van der Waals surface area (Å²) in [6.07, 6.45) is 1.29. The molecule has 0 unspecified atom stereocenters. The van der Waals surface area contributed by atoms with Gasteiger partial charge in [-0.2, -0.15) is 0 Å². The van der Waals surface area contributed by atoms with Gasteiger partial charge in [-0.1, -0.05) is 66.7 Å². The molecule has 1 heterocycles. The number of H-pyrrole nitrogens is 1. The van der Waals surface area contributed by atoms with Crippen LogP contribution in [0.15, 0.2) is 83.8 Å². The largest absolute Gasteiger partial charge is 0.369 e. The molecule has 3 aromatic carbocycles. The van der Waals surface area contributed by atoms with Gasteiger partial charge in [-0.05, 0) is 28.0 Å². The number of carbonyl (C=O) groups is 1. The van der Waals surface area contributed by atoms with E-state index in [9.17, 15) is 9.59 Å². The molecule has 150 valence electrons. The number of aromatic nitrogens is 2. The second kappa shape index (κ2) is 9.15. The van der Waals surface area contributed by atoms with Crippen LogP contribution in [0, 0.1) is 0 Å². The Kier molecular flexibility index (Phi) is 5.96. The first kappa shape index (κ1) is 19.5. The molecule has 0 fully saturated rings. The lowest BCUT2D eigenvalue weighted by Crippen LogP contribution is -2.30. The summed E-state index contributed by atoms with van der Waals surface area (Å²) in [6, 6.07) is 23.7. The highest BCUT2D eigenvalue weighted by Gasteiger charge is 2.12. The lowest BCUT2D eigenvalue weighted by molar-refractivity contribution is 0.0944. The predicted molar refractivity (Wildman–Crippen MR) is 115 cm³/mol. The van der Waals surface area contributed by atoms with E-state index >= 15 is 0 Å². The van der Waals surface area contributed by atoms with Gasteiger partial charge >= 0.3 is 0 Å². The highest BCUT2D eigenvalue weighted by Crippen LogP contribution is 2.15. The van der Waals surface area contributed by atoms with Crippen molar-refractivity contribution in [1.82, 2.24) is 15.3 Å². The number of amides is 1. The van der Waals surface area contributed by atoms with Crippen molar-refractivity contribution < 1.29 is 9.53 Å². The van der Waals surface area contributed by atoms with Crippen molar-refractivity contribution in [2.45, 2.75) is 19.8 Å². The maximum atomic E-state index is 12.4. The molecular formula is C24H21N3O3. The van der Waals surface area contributed by atoms with Gasteiger partial charge in [-0.25, -0.2) is 4.98 Å². The third-order valence-electron chi connectivity index (χ3n) is 4.71. The lowest BCUT2D eigenvalue weighted by atomic mass is 10.1. The zero-order chi connectivity index (χ0) is 20.8. The van der Waals surface area contributed by atoms with E-state index in [4.69, 9.17) is 4.74 Å². The molecule has 0 aliphatic carbocycles.